The van der Waals surface area contributed by atoms with Gasteiger partial charge >= 0.3 is 0 Å². The molecule has 5 heteroatoms. The monoisotopic (exact) mass is 309 g/mol. The van der Waals surface area contributed by atoms with Crippen molar-refractivity contribution in [2.45, 2.75) is 32.2 Å². The summed E-state index contributed by atoms with van der Waals surface area (Å²) in [5, 5.41) is 3.97. The predicted molar refractivity (Wildman–Crippen MR) is 73.1 cm³/mol. The molecule has 96 valence electrons. The SMILES string of the molecule is CCC[C@@H](N)c1nc(Cc2ccccc2Br)no1. The zero-order valence-corrected chi connectivity index (χ0v) is 11.9. The molecule has 0 saturated heterocycles. The Bertz CT molecular complexity index is 512. The second-order valence-corrected chi connectivity index (χ2v) is 5.07. The van der Waals surface area contributed by atoms with Gasteiger partial charge in [0, 0.05) is 10.9 Å². The van der Waals surface area contributed by atoms with Crippen LogP contribution in [0.4, 0.5) is 0 Å². The number of benzene rings is 1. The van der Waals surface area contributed by atoms with E-state index in [1.807, 2.05) is 24.3 Å². The molecule has 0 aliphatic carbocycles. The molecular weight excluding hydrogens is 294 g/mol. The smallest absolute Gasteiger partial charge is 0.243 e. The molecule has 4 nitrogen and oxygen atoms in total. The van der Waals surface area contributed by atoms with Crippen LogP contribution in [0.25, 0.3) is 0 Å². The molecule has 0 unspecified atom stereocenters. The predicted octanol–water partition coefficient (Wildman–Crippen LogP) is 3.22. The van der Waals surface area contributed by atoms with Gasteiger partial charge in [-0.2, -0.15) is 4.98 Å². The van der Waals surface area contributed by atoms with Crippen LogP contribution in [0.15, 0.2) is 33.3 Å². The van der Waals surface area contributed by atoms with Gasteiger partial charge in [-0.05, 0) is 18.1 Å². The fourth-order valence-corrected chi connectivity index (χ4v) is 2.16. The summed E-state index contributed by atoms with van der Waals surface area (Å²) in [6.07, 6.45) is 2.50. The van der Waals surface area contributed by atoms with Crippen LogP contribution in [0.1, 0.15) is 43.1 Å². The largest absolute Gasteiger partial charge is 0.338 e. The first kappa shape index (κ1) is 13.2. The minimum Gasteiger partial charge on any atom is -0.338 e. The number of aromatic nitrogens is 2. The fraction of sp³-hybridized carbons (Fsp3) is 0.385. The van der Waals surface area contributed by atoms with Crippen molar-refractivity contribution in [3.8, 4) is 0 Å². The highest BCUT2D eigenvalue weighted by Gasteiger charge is 2.14. The lowest BCUT2D eigenvalue weighted by molar-refractivity contribution is 0.345. The summed E-state index contributed by atoms with van der Waals surface area (Å²) in [5.41, 5.74) is 7.07. The third kappa shape index (κ3) is 3.17. The quantitative estimate of drug-likeness (QED) is 0.921. The van der Waals surface area contributed by atoms with Crippen LogP contribution < -0.4 is 5.73 Å². The van der Waals surface area contributed by atoms with Gasteiger partial charge in [-0.3, -0.25) is 0 Å². The van der Waals surface area contributed by atoms with Gasteiger partial charge in [0.05, 0.1) is 6.04 Å². The topological polar surface area (TPSA) is 64.9 Å². The molecule has 0 spiro atoms. The number of halogens is 1. The highest BCUT2D eigenvalue weighted by atomic mass is 79.9. The molecule has 0 radical (unpaired) electrons. The summed E-state index contributed by atoms with van der Waals surface area (Å²) in [6.45, 7) is 2.08. The zero-order valence-electron chi connectivity index (χ0n) is 10.3. The van der Waals surface area contributed by atoms with Crippen molar-refractivity contribution in [1.29, 1.82) is 0 Å². The van der Waals surface area contributed by atoms with Crippen LogP contribution >= 0.6 is 15.9 Å². The third-order valence-electron chi connectivity index (χ3n) is 2.71. The van der Waals surface area contributed by atoms with Crippen molar-refractivity contribution in [2.24, 2.45) is 5.73 Å². The number of hydrogen-bond donors (Lipinski definition) is 1. The first-order valence-electron chi connectivity index (χ1n) is 6.02. The minimum absolute atomic E-state index is 0.157. The van der Waals surface area contributed by atoms with Crippen molar-refractivity contribution in [2.75, 3.05) is 0 Å². The molecule has 2 N–H and O–H groups in total. The van der Waals surface area contributed by atoms with Crippen LogP contribution in [0, 0.1) is 0 Å². The Hall–Kier alpha value is -1.20. The lowest BCUT2D eigenvalue weighted by atomic mass is 10.1. The fourth-order valence-electron chi connectivity index (χ4n) is 1.74. The molecule has 2 aromatic rings. The van der Waals surface area contributed by atoms with E-state index >= 15 is 0 Å². The van der Waals surface area contributed by atoms with Crippen molar-refractivity contribution in [3.05, 3.63) is 46.0 Å². The van der Waals surface area contributed by atoms with Crippen molar-refractivity contribution >= 4 is 15.9 Å². The van der Waals surface area contributed by atoms with Crippen LogP contribution in [0.2, 0.25) is 0 Å². The van der Waals surface area contributed by atoms with Crippen LogP contribution in [0.5, 0.6) is 0 Å². The van der Waals surface area contributed by atoms with E-state index in [1.165, 1.54) is 0 Å². The summed E-state index contributed by atoms with van der Waals surface area (Å²) < 4.78 is 6.24. The molecule has 0 saturated carbocycles. The lowest BCUT2D eigenvalue weighted by Crippen LogP contribution is -2.10. The lowest BCUT2D eigenvalue weighted by Gasteiger charge is -2.02. The summed E-state index contributed by atoms with van der Waals surface area (Å²) in [6, 6.07) is 7.84. The molecule has 0 bridgehead atoms. The van der Waals surface area contributed by atoms with Crippen molar-refractivity contribution < 1.29 is 4.52 Å². The van der Waals surface area contributed by atoms with E-state index in [4.69, 9.17) is 10.3 Å². The van der Waals surface area contributed by atoms with Crippen molar-refractivity contribution in [3.63, 3.8) is 0 Å². The van der Waals surface area contributed by atoms with E-state index in [0.29, 0.717) is 18.1 Å². The maximum absolute atomic E-state index is 5.94. The van der Waals surface area contributed by atoms with Gasteiger partial charge in [-0.15, -0.1) is 0 Å². The van der Waals surface area contributed by atoms with Gasteiger partial charge < -0.3 is 10.3 Å². The molecule has 0 aliphatic heterocycles. The van der Waals surface area contributed by atoms with Gasteiger partial charge in [0.15, 0.2) is 5.82 Å². The Morgan fingerprint density at radius 1 is 1.39 bits per heavy atom. The number of nitrogens with zero attached hydrogens (tertiary/aromatic N) is 2. The Kier molecular flexibility index (Phi) is 4.49. The standard InChI is InChI=1S/C13H16BrN3O/c1-2-5-11(15)13-16-12(17-18-13)8-9-6-3-4-7-10(9)14/h3-4,6-7,11H,2,5,8,15H2,1H3/t11-/m1/s1. The van der Waals surface area contributed by atoms with Crippen molar-refractivity contribution in [1.82, 2.24) is 10.1 Å². The Balaban J connectivity index is 2.09. The maximum Gasteiger partial charge on any atom is 0.243 e. The first-order valence-corrected chi connectivity index (χ1v) is 6.81. The molecule has 2 rings (SSSR count). The van der Waals surface area contributed by atoms with Gasteiger partial charge in [0.2, 0.25) is 5.89 Å². The van der Waals surface area contributed by atoms with Gasteiger partial charge in [0.25, 0.3) is 0 Å². The number of hydrogen-bond acceptors (Lipinski definition) is 4. The average molecular weight is 310 g/mol. The molecule has 0 fully saturated rings. The zero-order chi connectivity index (χ0) is 13.0. The maximum atomic E-state index is 5.94. The second kappa shape index (κ2) is 6.11. The van der Waals surface area contributed by atoms with Crippen LogP contribution in [-0.4, -0.2) is 10.1 Å². The van der Waals surface area contributed by atoms with Crippen LogP contribution in [0.3, 0.4) is 0 Å². The van der Waals surface area contributed by atoms with E-state index in [0.717, 1.165) is 22.9 Å². The Morgan fingerprint density at radius 2 is 2.17 bits per heavy atom. The average Bonchev–Trinajstić information content (AvgIpc) is 2.81. The van der Waals surface area contributed by atoms with Crippen LogP contribution in [-0.2, 0) is 6.42 Å². The molecule has 0 amide bonds. The highest BCUT2D eigenvalue weighted by Crippen LogP contribution is 2.19. The van der Waals surface area contributed by atoms with Gasteiger partial charge in [0.1, 0.15) is 0 Å². The molecule has 1 atom stereocenters. The molecule has 1 aromatic carbocycles. The number of rotatable bonds is 5. The third-order valence-corrected chi connectivity index (χ3v) is 3.48. The second-order valence-electron chi connectivity index (χ2n) is 4.21. The van der Waals surface area contributed by atoms with E-state index in [1.54, 1.807) is 0 Å². The summed E-state index contributed by atoms with van der Waals surface area (Å²) >= 11 is 3.50. The van der Waals surface area contributed by atoms with E-state index in [2.05, 4.69) is 33.0 Å². The first-order chi connectivity index (χ1) is 8.70. The van der Waals surface area contributed by atoms with Gasteiger partial charge in [-0.25, -0.2) is 0 Å². The summed E-state index contributed by atoms with van der Waals surface area (Å²) in [7, 11) is 0. The minimum atomic E-state index is -0.157. The van der Waals surface area contributed by atoms with Gasteiger partial charge in [-0.1, -0.05) is 52.6 Å². The summed E-state index contributed by atoms with van der Waals surface area (Å²) in [4.78, 5) is 4.34. The molecular formula is C13H16BrN3O. The van der Waals surface area contributed by atoms with E-state index in [-0.39, 0.29) is 6.04 Å². The summed E-state index contributed by atoms with van der Waals surface area (Å²) in [5.74, 6) is 1.20. The molecule has 18 heavy (non-hydrogen) atoms. The number of nitrogens with two attached hydrogens (primary N) is 1. The van der Waals surface area contributed by atoms with E-state index in [9.17, 15) is 0 Å². The van der Waals surface area contributed by atoms with E-state index < -0.39 is 0 Å². The Labute approximate surface area is 115 Å². The highest BCUT2D eigenvalue weighted by molar-refractivity contribution is 9.10. The molecule has 0 aliphatic rings. The Morgan fingerprint density at radius 3 is 2.89 bits per heavy atom. The molecule has 1 aromatic heterocycles. The molecule has 1 heterocycles. The normalized spacial score (nSPS) is 12.6.